The molecule has 2 aromatic carbocycles. The Morgan fingerprint density at radius 3 is 2.57 bits per heavy atom. The van der Waals surface area contributed by atoms with Crippen molar-refractivity contribution >= 4 is 22.7 Å². The molecule has 192 valence electrons. The maximum Gasteiger partial charge on any atom is 0.248 e. The lowest BCUT2D eigenvalue weighted by Crippen LogP contribution is -2.60. The summed E-state index contributed by atoms with van der Waals surface area (Å²) < 4.78 is 41.3. The molecule has 2 aliphatic heterocycles. The highest BCUT2D eigenvalue weighted by molar-refractivity contribution is 5.85. The number of hydrogen-bond acceptors (Lipinski definition) is 5. The van der Waals surface area contributed by atoms with E-state index in [1.807, 2.05) is 17.0 Å². The lowest BCUT2D eigenvalue weighted by atomic mass is 9.88. The topological polar surface area (TPSA) is 72.0 Å². The number of carbonyl (C=O) groups excluding carboxylic acids is 2. The van der Waals surface area contributed by atoms with Crippen LogP contribution in [0, 0.1) is 11.6 Å². The van der Waals surface area contributed by atoms with Crippen molar-refractivity contribution < 1.29 is 27.8 Å². The molecule has 3 aliphatic rings. The molecule has 6 rings (SSSR count). The zero-order valence-electron chi connectivity index (χ0n) is 20.5. The van der Waals surface area contributed by atoms with Gasteiger partial charge in [0.1, 0.15) is 24.0 Å². The minimum absolute atomic E-state index is 0.0215. The van der Waals surface area contributed by atoms with Gasteiger partial charge in [0.15, 0.2) is 0 Å². The molecule has 1 spiro atoms. The first-order valence-corrected chi connectivity index (χ1v) is 12.5. The fraction of sp³-hybridized carbons (Fsp3) is 0.393. The standard InChI is InChI=1S/C28H27F2N3O4/c1-36-21-8-18-3-2-17(11-25(18)31-13-21)19-9-23(29)22(24(30)10-19)14-32-7-6-28(12-26(32)34)16-33(20-4-5-20)27(35)15-37-28/h2-3,8-11,13,20H,4-7,12,14-16H2,1H3. The molecule has 0 radical (unpaired) electrons. The summed E-state index contributed by atoms with van der Waals surface area (Å²) in [5.74, 6) is -1.04. The van der Waals surface area contributed by atoms with Crippen LogP contribution in [0.15, 0.2) is 42.6 Å². The van der Waals surface area contributed by atoms with E-state index in [2.05, 4.69) is 4.98 Å². The maximum atomic E-state index is 15.2. The molecule has 3 aromatic rings. The fourth-order valence-corrected chi connectivity index (χ4v) is 5.33. The van der Waals surface area contributed by atoms with Crippen LogP contribution in [0.1, 0.15) is 31.2 Å². The van der Waals surface area contributed by atoms with Gasteiger partial charge in [0.2, 0.25) is 11.8 Å². The van der Waals surface area contributed by atoms with Gasteiger partial charge in [0, 0.05) is 23.5 Å². The van der Waals surface area contributed by atoms with Crippen molar-refractivity contribution in [2.75, 3.05) is 26.8 Å². The zero-order valence-corrected chi connectivity index (χ0v) is 20.5. The summed E-state index contributed by atoms with van der Waals surface area (Å²) in [4.78, 5) is 32.9. The van der Waals surface area contributed by atoms with Gasteiger partial charge in [-0.25, -0.2) is 8.78 Å². The van der Waals surface area contributed by atoms with Gasteiger partial charge in [-0.15, -0.1) is 0 Å². The van der Waals surface area contributed by atoms with Crippen molar-refractivity contribution in [2.45, 2.75) is 43.9 Å². The Balaban J connectivity index is 1.18. The van der Waals surface area contributed by atoms with Crippen LogP contribution in [-0.4, -0.2) is 65.0 Å². The largest absolute Gasteiger partial charge is 0.495 e. The highest BCUT2D eigenvalue weighted by Gasteiger charge is 2.48. The summed E-state index contributed by atoms with van der Waals surface area (Å²) in [7, 11) is 1.56. The first-order valence-electron chi connectivity index (χ1n) is 12.5. The van der Waals surface area contributed by atoms with E-state index in [1.54, 1.807) is 25.4 Å². The summed E-state index contributed by atoms with van der Waals surface area (Å²) in [6, 6.07) is 10.1. The lowest BCUT2D eigenvalue weighted by molar-refractivity contribution is -0.178. The number of morpholine rings is 1. The van der Waals surface area contributed by atoms with E-state index in [9.17, 15) is 9.59 Å². The average Bonchev–Trinajstić information content (AvgIpc) is 3.74. The molecule has 9 heteroatoms. The second-order valence-electron chi connectivity index (χ2n) is 10.2. The number of methoxy groups -OCH3 is 1. The predicted octanol–water partition coefficient (Wildman–Crippen LogP) is 4.07. The predicted molar refractivity (Wildman–Crippen MR) is 132 cm³/mol. The van der Waals surface area contributed by atoms with Crippen molar-refractivity contribution in [2.24, 2.45) is 0 Å². The van der Waals surface area contributed by atoms with Gasteiger partial charge in [0.25, 0.3) is 0 Å². The first-order chi connectivity index (χ1) is 17.8. The Bertz CT molecular complexity index is 1390. The third kappa shape index (κ3) is 4.52. The normalized spacial score (nSPS) is 22.2. The van der Waals surface area contributed by atoms with Crippen molar-refractivity contribution in [3.05, 3.63) is 59.8 Å². The molecule has 0 N–H and O–H groups in total. The van der Waals surface area contributed by atoms with Crippen molar-refractivity contribution in [3.8, 4) is 16.9 Å². The summed E-state index contributed by atoms with van der Waals surface area (Å²) in [5, 5.41) is 0.855. The molecule has 3 fully saturated rings. The van der Waals surface area contributed by atoms with Crippen LogP contribution in [0.4, 0.5) is 8.78 Å². The number of aromatic nitrogens is 1. The van der Waals surface area contributed by atoms with E-state index in [-0.39, 0.29) is 43.0 Å². The van der Waals surface area contributed by atoms with Crippen LogP contribution in [-0.2, 0) is 20.9 Å². The third-order valence-corrected chi connectivity index (χ3v) is 7.65. The van der Waals surface area contributed by atoms with Crippen molar-refractivity contribution in [1.82, 2.24) is 14.8 Å². The molecule has 2 saturated heterocycles. The lowest BCUT2D eigenvalue weighted by Gasteiger charge is -2.46. The third-order valence-electron chi connectivity index (χ3n) is 7.65. The number of pyridine rings is 1. The molecule has 1 unspecified atom stereocenters. The van der Waals surface area contributed by atoms with Gasteiger partial charge in [-0.3, -0.25) is 14.6 Å². The molecule has 2 amide bonds. The van der Waals surface area contributed by atoms with E-state index < -0.39 is 17.2 Å². The number of carbonyl (C=O) groups is 2. The van der Waals surface area contributed by atoms with Gasteiger partial charge in [0.05, 0.1) is 43.9 Å². The summed E-state index contributed by atoms with van der Waals surface area (Å²) >= 11 is 0. The smallest absolute Gasteiger partial charge is 0.248 e. The number of piperidine rings is 1. The minimum Gasteiger partial charge on any atom is -0.495 e. The molecule has 1 atom stereocenters. The minimum atomic E-state index is -0.709. The Morgan fingerprint density at radius 1 is 1.08 bits per heavy atom. The number of likely N-dealkylation sites (tertiary alicyclic amines) is 1. The summed E-state index contributed by atoms with van der Waals surface area (Å²) in [6.07, 6.45) is 4.18. The molecule has 1 saturated carbocycles. The summed E-state index contributed by atoms with van der Waals surface area (Å²) in [6.45, 7) is 0.538. The van der Waals surface area contributed by atoms with Gasteiger partial charge >= 0.3 is 0 Å². The van der Waals surface area contributed by atoms with E-state index >= 15 is 8.78 Å². The molecule has 3 heterocycles. The van der Waals surface area contributed by atoms with Gasteiger partial charge in [-0.2, -0.15) is 0 Å². The Morgan fingerprint density at radius 2 is 1.86 bits per heavy atom. The van der Waals surface area contributed by atoms with Gasteiger partial charge < -0.3 is 19.3 Å². The molecular formula is C28H27F2N3O4. The molecule has 0 bridgehead atoms. The SMILES string of the molecule is COc1cnc2cc(-c3cc(F)c(CN4CCC5(CC4=O)CN(C4CC4)C(=O)CO5)c(F)c3)ccc2c1. The Hall–Kier alpha value is -3.59. The Kier molecular flexibility index (Phi) is 5.82. The van der Waals surface area contributed by atoms with E-state index in [0.717, 1.165) is 18.2 Å². The zero-order chi connectivity index (χ0) is 25.7. The second-order valence-corrected chi connectivity index (χ2v) is 10.2. The number of amides is 2. The Labute approximate surface area is 213 Å². The number of ether oxygens (including phenoxy) is 2. The number of nitrogens with zero attached hydrogens (tertiary/aromatic N) is 3. The quantitative estimate of drug-likeness (QED) is 0.521. The van der Waals surface area contributed by atoms with Crippen LogP contribution >= 0.6 is 0 Å². The number of hydrogen-bond donors (Lipinski definition) is 0. The molecule has 7 nitrogen and oxygen atoms in total. The van der Waals surface area contributed by atoms with Crippen LogP contribution in [0.5, 0.6) is 5.75 Å². The van der Waals surface area contributed by atoms with E-state index in [4.69, 9.17) is 9.47 Å². The van der Waals surface area contributed by atoms with Gasteiger partial charge in [-0.1, -0.05) is 12.1 Å². The monoisotopic (exact) mass is 507 g/mol. The highest BCUT2D eigenvalue weighted by Crippen LogP contribution is 2.37. The average molecular weight is 508 g/mol. The van der Waals surface area contributed by atoms with Crippen molar-refractivity contribution in [3.63, 3.8) is 0 Å². The molecular weight excluding hydrogens is 480 g/mol. The number of benzene rings is 2. The molecule has 1 aromatic heterocycles. The van der Waals surface area contributed by atoms with Crippen molar-refractivity contribution in [1.29, 1.82) is 0 Å². The number of rotatable bonds is 5. The second kappa shape index (κ2) is 9.06. The molecule has 1 aliphatic carbocycles. The first kappa shape index (κ1) is 23.8. The van der Waals surface area contributed by atoms with Crippen LogP contribution < -0.4 is 4.74 Å². The highest BCUT2D eigenvalue weighted by atomic mass is 19.1. The van der Waals surface area contributed by atoms with E-state index in [0.29, 0.717) is 41.9 Å². The number of halogens is 2. The van der Waals surface area contributed by atoms with Crippen LogP contribution in [0.2, 0.25) is 0 Å². The van der Waals surface area contributed by atoms with Crippen LogP contribution in [0.25, 0.3) is 22.0 Å². The van der Waals surface area contributed by atoms with Crippen LogP contribution in [0.3, 0.4) is 0 Å². The van der Waals surface area contributed by atoms with E-state index in [1.165, 1.54) is 17.0 Å². The summed E-state index contributed by atoms with van der Waals surface area (Å²) in [5.41, 5.74) is 0.857. The number of fused-ring (bicyclic) bond motifs is 1. The maximum absolute atomic E-state index is 15.2. The van der Waals surface area contributed by atoms with Gasteiger partial charge in [-0.05, 0) is 54.7 Å². The fourth-order valence-electron chi connectivity index (χ4n) is 5.33. The molecule has 37 heavy (non-hydrogen) atoms.